The summed E-state index contributed by atoms with van der Waals surface area (Å²) in [4.78, 5) is 11.8. The summed E-state index contributed by atoms with van der Waals surface area (Å²) in [7, 11) is 1.63. The van der Waals surface area contributed by atoms with Crippen LogP contribution in [0.5, 0.6) is 0 Å². The molecule has 0 fully saturated rings. The van der Waals surface area contributed by atoms with Crippen LogP contribution in [0.1, 0.15) is 26.3 Å². The molecule has 0 aliphatic heterocycles. The van der Waals surface area contributed by atoms with Crippen molar-refractivity contribution < 1.29 is 13.9 Å². The van der Waals surface area contributed by atoms with Crippen LogP contribution in [0.25, 0.3) is 0 Å². The fraction of sp³-hybridized carbons (Fsp3) is 0.533. The molecule has 0 aliphatic rings. The number of carbonyl (C=O) groups is 1. The largest absolute Gasteiger partial charge is 0.379 e. The average molecular weight is 267 g/mol. The van der Waals surface area contributed by atoms with Crippen LogP contribution in [0.4, 0.5) is 4.39 Å². The lowest BCUT2D eigenvalue weighted by molar-refractivity contribution is -0.121. The van der Waals surface area contributed by atoms with E-state index in [2.05, 4.69) is 26.1 Å². The topological polar surface area (TPSA) is 38.3 Å². The molecule has 0 saturated carbocycles. The number of hydrogen-bond acceptors (Lipinski definition) is 2. The van der Waals surface area contributed by atoms with E-state index in [1.54, 1.807) is 19.2 Å². The van der Waals surface area contributed by atoms with Crippen LogP contribution in [0.15, 0.2) is 24.3 Å². The number of nitrogens with one attached hydrogen (secondary N) is 1. The molecule has 0 saturated heterocycles. The third-order valence-corrected chi connectivity index (χ3v) is 2.99. The summed E-state index contributed by atoms with van der Waals surface area (Å²) in [6, 6.07) is 6.07. The Balaban J connectivity index is 2.48. The molecule has 0 unspecified atom stereocenters. The van der Waals surface area contributed by atoms with Crippen molar-refractivity contribution in [2.75, 3.05) is 13.7 Å². The SMILES string of the molecule is CO[C@@H](CNC(=O)Cc1cccc(F)c1)C(C)(C)C. The normalized spacial score (nSPS) is 13.1. The highest BCUT2D eigenvalue weighted by atomic mass is 19.1. The predicted octanol–water partition coefficient (Wildman–Crippen LogP) is 2.55. The van der Waals surface area contributed by atoms with Crippen LogP contribution in [0.2, 0.25) is 0 Å². The Kier molecular flexibility index (Phi) is 5.48. The summed E-state index contributed by atoms with van der Waals surface area (Å²) < 4.78 is 18.4. The lowest BCUT2D eigenvalue weighted by Crippen LogP contribution is -2.41. The van der Waals surface area contributed by atoms with Crippen molar-refractivity contribution in [3.63, 3.8) is 0 Å². The fourth-order valence-electron chi connectivity index (χ4n) is 1.84. The van der Waals surface area contributed by atoms with Crippen molar-refractivity contribution in [1.82, 2.24) is 5.32 Å². The number of hydrogen-bond donors (Lipinski definition) is 1. The van der Waals surface area contributed by atoms with Gasteiger partial charge in [-0.15, -0.1) is 0 Å². The molecule has 0 heterocycles. The standard InChI is InChI=1S/C15H22FNO2/c1-15(2,3)13(19-4)10-17-14(18)9-11-6-5-7-12(16)8-11/h5-8,13H,9-10H2,1-4H3,(H,17,18)/t13-/m0/s1. The molecule has 19 heavy (non-hydrogen) atoms. The molecule has 3 nitrogen and oxygen atoms in total. The molecular formula is C15H22FNO2. The average Bonchev–Trinajstić information content (AvgIpc) is 2.27. The van der Waals surface area contributed by atoms with Gasteiger partial charge in [0.2, 0.25) is 5.91 Å². The van der Waals surface area contributed by atoms with E-state index < -0.39 is 0 Å². The summed E-state index contributed by atoms with van der Waals surface area (Å²) in [6.45, 7) is 6.62. The van der Waals surface area contributed by atoms with Crippen LogP contribution in [0, 0.1) is 11.2 Å². The second-order valence-corrected chi connectivity index (χ2v) is 5.70. The van der Waals surface area contributed by atoms with E-state index in [4.69, 9.17) is 4.74 Å². The molecule has 106 valence electrons. The van der Waals surface area contributed by atoms with Crippen LogP contribution in [0.3, 0.4) is 0 Å². The van der Waals surface area contributed by atoms with Crippen molar-refractivity contribution in [3.8, 4) is 0 Å². The zero-order chi connectivity index (χ0) is 14.5. The molecule has 1 amide bonds. The number of benzene rings is 1. The third kappa shape index (κ3) is 5.39. The lowest BCUT2D eigenvalue weighted by Gasteiger charge is -2.29. The lowest BCUT2D eigenvalue weighted by atomic mass is 9.89. The van der Waals surface area contributed by atoms with Gasteiger partial charge in [-0.2, -0.15) is 0 Å². The Labute approximate surface area is 114 Å². The maximum Gasteiger partial charge on any atom is 0.224 e. The van der Waals surface area contributed by atoms with Crippen LogP contribution < -0.4 is 5.32 Å². The third-order valence-electron chi connectivity index (χ3n) is 2.99. The number of methoxy groups -OCH3 is 1. The monoisotopic (exact) mass is 267 g/mol. The number of carbonyl (C=O) groups excluding carboxylic acids is 1. The Morgan fingerprint density at radius 1 is 1.42 bits per heavy atom. The van der Waals surface area contributed by atoms with Gasteiger partial charge in [0.1, 0.15) is 5.82 Å². The van der Waals surface area contributed by atoms with E-state index in [0.29, 0.717) is 12.1 Å². The molecule has 0 aromatic heterocycles. The first kappa shape index (κ1) is 15.6. The smallest absolute Gasteiger partial charge is 0.224 e. The van der Waals surface area contributed by atoms with Gasteiger partial charge >= 0.3 is 0 Å². The van der Waals surface area contributed by atoms with E-state index in [1.807, 2.05) is 0 Å². The number of rotatable bonds is 5. The molecule has 0 radical (unpaired) electrons. The molecule has 0 aliphatic carbocycles. The molecular weight excluding hydrogens is 245 g/mol. The van der Waals surface area contributed by atoms with E-state index in [9.17, 15) is 9.18 Å². The van der Waals surface area contributed by atoms with Gasteiger partial charge in [0, 0.05) is 13.7 Å². The summed E-state index contributed by atoms with van der Waals surface area (Å²) >= 11 is 0. The van der Waals surface area contributed by atoms with Crippen molar-refractivity contribution in [2.24, 2.45) is 5.41 Å². The van der Waals surface area contributed by atoms with Gasteiger partial charge in [-0.3, -0.25) is 4.79 Å². The van der Waals surface area contributed by atoms with E-state index >= 15 is 0 Å². The molecule has 4 heteroatoms. The van der Waals surface area contributed by atoms with Gasteiger partial charge < -0.3 is 10.1 Å². The molecule has 1 N–H and O–H groups in total. The number of amides is 1. The van der Waals surface area contributed by atoms with E-state index in [-0.39, 0.29) is 29.7 Å². The van der Waals surface area contributed by atoms with Gasteiger partial charge in [-0.25, -0.2) is 4.39 Å². The number of halogens is 1. The van der Waals surface area contributed by atoms with Gasteiger partial charge in [0.15, 0.2) is 0 Å². The summed E-state index contributed by atoms with van der Waals surface area (Å²) in [6.07, 6.45) is 0.127. The first-order valence-corrected chi connectivity index (χ1v) is 6.37. The Hall–Kier alpha value is -1.42. The van der Waals surface area contributed by atoms with Gasteiger partial charge in [0.05, 0.1) is 12.5 Å². The molecule has 1 aromatic carbocycles. The predicted molar refractivity (Wildman–Crippen MR) is 73.4 cm³/mol. The second kappa shape index (κ2) is 6.66. The maximum absolute atomic E-state index is 13.0. The zero-order valence-electron chi connectivity index (χ0n) is 12.0. The highest BCUT2D eigenvalue weighted by molar-refractivity contribution is 5.78. The molecule has 1 rings (SSSR count). The van der Waals surface area contributed by atoms with Crippen LogP contribution in [-0.2, 0) is 16.0 Å². The first-order chi connectivity index (χ1) is 8.82. The summed E-state index contributed by atoms with van der Waals surface area (Å²) in [5.41, 5.74) is 0.628. The molecule has 1 atom stereocenters. The van der Waals surface area contributed by atoms with Crippen molar-refractivity contribution >= 4 is 5.91 Å². The van der Waals surface area contributed by atoms with Crippen LogP contribution in [-0.4, -0.2) is 25.7 Å². The van der Waals surface area contributed by atoms with Crippen molar-refractivity contribution in [1.29, 1.82) is 0 Å². The fourth-order valence-corrected chi connectivity index (χ4v) is 1.84. The Morgan fingerprint density at radius 3 is 2.63 bits per heavy atom. The minimum absolute atomic E-state index is 0.0408. The van der Waals surface area contributed by atoms with Gasteiger partial charge in [0.25, 0.3) is 0 Å². The Morgan fingerprint density at radius 2 is 2.11 bits per heavy atom. The van der Waals surface area contributed by atoms with Crippen molar-refractivity contribution in [2.45, 2.75) is 33.3 Å². The quantitative estimate of drug-likeness (QED) is 0.890. The second-order valence-electron chi connectivity index (χ2n) is 5.70. The minimum Gasteiger partial charge on any atom is -0.379 e. The van der Waals surface area contributed by atoms with Crippen LogP contribution >= 0.6 is 0 Å². The zero-order valence-corrected chi connectivity index (χ0v) is 12.0. The van der Waals surface area contributed by atoms with Gasteiger partial charge in [-0.1, -0.05) is 32.9 Å². The maximum atomic E-state index is 13.0. The summed E-state index contributed by atoms with van der Waals surface area (Å²) in [5, 5.41) is 2.82. The van der Waals surface area contributed by atoms with E-state index in [1.165, 1.54) is 12.1 Å². The van der Waals surface area contributed by atoms with Crippen molar-refractivity contribution in [3.05, 3.63) is 35.6 Å². The molecule has 1 aromatic rings. The highest BCUT2D eigenvalue weighted by Gasteiger charge is 2.24. The molecule has 0 bridgehead atoms. The highest BCUT2D eigenvalue weighted by Crippen LogP contribution is 2.20. The summed E-state index contributed by atoms with van der Waals surface area (Å²) in [5.74, 6) is -0.452. The Bertz CT molecular complexity index is 426. The van der Waals surface area contributed by atoms with Gasteiger partial charge in [-0.05, 0) is 23.1 Å². The first-order valence-electron chi connectivity index (χ1n) is 6.37. The number of ether oxygens (including phenoxy) is 1. The minimum atomic E-state index is -0.324. The molecule has 0 spiro atoms. The van der Waals surface area contributed by atoms with E-state index in [0.717, 1.165) is 0 Å².